The SMILES string of the molecule is O=Cc1ccccc1-c1cc([N+](=O)[O-])ccc1S(=O)(=O)O. The molecule has 0 aromatic heterocycles. The summed E-state index contributed by atoms with van der Waals surface area (Å²) < 4.78 is 32.0. The zero-order chi connectivity index (χ0) is 15.6. The van der Waals surface area contributed by atoms with Crippen molar-refractivity contribution in [3.63, 3.8) is 0 Å². The van der Waals surface area contributed by atoms with Crippen LogP contribution in [0.1, 0.15) is 10.4 Å². The van der Waals surface area contributed by atoms with Crippen molar-refractivity contribution in [1.29, 1.82) is 0 Å². The molecule has 2 aromatic carbocycles. The number of rotatable bonds is 4. The minimum Gasteiger partial charge on any atom is -0.298 e. The van der Waals surface area contributed by atoms with E-state index in [1.807, 2.05) is 0 Å². The Hall–Kier alpha value is -2.58. The third kappa shape index (κ3) is 2.96. The molecule has 0 fully saturated rings. The van der Waals surface area contributed by atoms with E-state index < -0.39 is 19.9 Å². The molecular weight excluding hydrogens is 298 g/mol. The van der Waals surface area contributed by atoms with Crippen LogP contribution in [0.5, 0.6) is 0 Å². The second kappa shape index (κ2) is 5.43. The number of non-ortho nitro benzene ring substituents is 1. The van der Waals surface area contributed by atoms with E-state index >= 15 is 0 Å². The molecule has 0 atom stereocenters. The Labute approximate surface area is 119 Å². The van der Waals surface area contributed by atoms with Crippen molar-refractivity contribution in [2.75, 3.05) is 0 Å². The lowest BCUT2D eigenvalue weighted by Gasteiger charge is -2.09. The number of benzene rings is 2. The quantitative estimate of drug-likeness (QED) is 0.401. The molecule has 0 aliphatic rings. The number of nitrogens with zero attached hydrogens (tertiary/aromatic N) is 1. The van der Waals surface area contributed by atoms with Crippen molar-refractivity contribution < 1.29 is 22.7 Å². The molecule has 0 amide bonds. The molecule has 108 valence electrons. The van der Waals surface area contributed by atoms with E-state index in [9.17, 15) is 27.9 Å². The topological polar surface area (TPSA) is 115 Å². The van der Waals surface area contributed by atoms with Crippen LogP contribution in [-0.4, -0.2) is 24.2 Å². The Bertz CT molecular complexity index is 828. The van der Waals surface area contributed by atoms with Crippen LogP contribution in [0.2, 0.25) is 0 Å². The van der Waals surface area contributed by atoms with Crippen molar-refractivity contribution in [2.24, 2.45) is 0 Å². The van der Waals surface area contributed by atoms with Crippen LogP contribution in [0.15, 0.2) is 47.4 Å². The third-order valence-electron chi connectivity index (χ3n) is 2.83. The molecule has 0 spiro atoms. The van der Waals surface area contributed by atoms with Gasteiger partial charge in [-0.25, -0.2) is 0 Å². The summed E-state index contributed by atoms with van der Waals surface area (Å²) in [4.78, 5) is 20.7. The summed E-state index contributed by atoms with van der Waals surface area (Å²) >= 11 is 0. The minimum atomic E-state index is -4.59. The Kier molecular flexibility index (Phi) is 3.83. The van der Waals surface area contributed by atoms with Crippen molar-refractivity contribution in [3.05, 3.63) is 58.1 Å². The van der Waals surface area contributed by atoms with Gasteiger partial charge in [0.05, 0.1) is 4.92 Å². The Balaban J connectivity index is 2.84. The van der Waals surface area contributed by atoms with Crippen LogP contribution in [0.25, 0.3) is 11.1 Å². The van der Waals surface area contributed by atoms with E-state index in [2.05, 4.69) is 0 Å². The molecule has 0 radical (unpaired) electrons. The molecule has 2 aromatic rings. The number of nitro benzene ring substituents is 1. The first kappa shape index (κ1) is 14.8. The van der Waals surface area contributed by atoms with Gasteiger partial charge in [0, 0.05) is 23.3 Å². The number of aldehydes is 1. The lowest BCUT2D eigenvalue weighted by molar-refractivity contribution is -0.384. The van der Waals surface area contributed by atoms with Crippen molar-refractivity contribution >= 4 is 22.1 Å². The third-order valence-corrected chi connectivity index (χ3v) is 3.74. The monoisotopic (exact) mass is 307 g/mol. The van der Waals surface area contributed by atoms with E-state index in [0.717, 1.165) is 18.2 Å². The minimum absolute atomic E-state index is 0.102. The average molecular weight is 307 g/mol. The van der Waals surface area contributed by atoms with Gasteiger partial charge in [0.2, 0.25) is 0 Å². The molecule has 1 N–H and O–H groups in total. The summed E-state index contributed by atoms with van der Waals surface area (Å²) in [5.41, 5.74) is -0.112. The molecular formula is C13H9NO6S. The lowest BCUT2D eigenvalue weighted by Crippen LogP contribution is -2.03. The highest BCUT2D eigenvalue weighted by Gasteiger charge is 2.21. The summed E-state index contributed by atoms with van der Waals surface area (Å²) in [6.07, 6.45) is 0.502. The van der Waals surface area contributed by atoms with Gasteiger partial charge in [0.15, 0.2) is 6.29 Å². The predicted octanol–water partition coefficient (Wildman–Crippen LogP) is 2.32. The summed E-state index contributed by atoms with van der Waals surface area (Å²) in [6, 6.07) is 8.91. The largest absolute Gasteiger partial charge is 0.298 e. The van der Waals surface area contributed by atoms with Crippen LogP contribution >= 0.6 is 0 Å². The highest BCUT2D eigenvalue weighted by atomic mass is 32.2. The average Bonchev–Trinajstić information content (AvgIpc) is 2.45. The van der Waals surface area contributed by atoms with Crippen LogP contribution in [0.4, 0.5) is 5.69 Å². The van der Waals surface area contributed by atoms with Crippen LogP contribution < -0.4 is 0 Å². The fourth-order valence-corrected chi connectivity index (χ4v) is 2.60. The highest BCUT2D eigenvalue weighted by molar-refractivity contribution is 7.86. The molecule has 0 aliphatic carbocycles. The molecule has 21 heavy (non-hydrogen) atoms. The maximum atomic E-state index is 11.4. The molecule has 0 aliphatic heterocycles. The summed E-state index contributed by atoms with van der Waals surface area (Å²) in [5, 5.41) is 10.8. The first-order valence-corrected chi connectivity index (χ1v) is 7.09. The molecule has 7 nitrogen and oxygen atoms in total. The number of hydrogen-bond acceptors (Lipinski definition) is 5. The van der Waals surface area contributed by atoms with E-state index in [1.165, 1.54) is 12.1 Å². The Morgan fingerprint density at radius 1 is 1.10 bits per heavy atom. The van der Waals surface area contributed by atoms with Crippen molar-refractivity contribution in [1.82, 2.24) is 0 Å². The van der Waals surface area contributed by atoms with Gasteiger partial charge in [-0.3, -0.25) is 19.5 Å². The van der Waals surface area contributed by atoms with E-state index in [-0.39, 0.29) is 22.4 Å². The molecule has 0 saturated carbocycles. The first-order chi connectivity index (χ1) is 9.84. The molecule has 0 unspecified atom stereocenters. The van der Waals surface area contributed by atoms with Gasteiger partial charge < -0.3 is 0 Å². The summed E-state index contributed by atoms with van der Waals surface area (Å²) in [6.45, 7) is 0. The zero-order valence-electron chi connectivity index (χ0n) is 10.5. The standard InChI is InChI=1S/C13H9NO6S/c15-8-9-3-1-2-4-11(9)12-7-10(14(16)17)5-6-13(12)21(18,19)20/h1-8H,(H,18,19,20). The van der Waals surface area contributed by atoms with Gasteiger partial charge in [-0.2, -0.15) is 8.42 Å². The van der Waals surface area contributed by atoms with Crippen LogP contribution in [0.3, 0.4) is 0 Å². The van der Waals surface area contributed by atoms with E-state index in [1.54, 1.807) is 12.1 Å². The number of carbonyl (C=O) groups excluding carboxylic acids is 1. The first-order valence-electron chi connectivity index (χ1n) is 5.65. The number of carbonyl (C=O) groups is 1. The Morgan fingerprint density at radius 3 is 2.33 bits per heavy atom. The molecule has 2 rings (SSSR count). The molecule has 0 heterocycles. The van der Waals surface area contributed by atoms with Gasteiger partial charge in [0.1, 0.15) is 4.90 Å². The van der Waals surface area contributed by atoms with Crippen molar-refractivity contribution in [3.8, 4) is 11.1 Å². The predicted molar refractivity (Wildman–Crippen MR) is 73.7 cm³/mol. The van der Waals surface area contributed by atoms with Gasteiger partial charge in [-0.1, -0.05) is 24.3 Å². The number of hydrogen-bond donors (Lipinski definition) is 1. The summed E-state index contributed by atoms with van der Waals surface area (Å²) in [5.74, 6) is 0. The van der Waals surface area contributed by atoms with Gasteiger partial charge in [-0.05, 0) is 11.6 Å². The molecule has 0 saturated heterocycles. The van der Waals surface area contributed by atoms with Crippen LogP contribution in [-0.2, 0) is 10.1 Å². The molecule has 8 heteroatoms. The van der Waals surface area contributed by atoms with Crippen LogP contribution in [0, 0.1) is 10.1 Å². The van der Waals surface area contributed by atoms with E-state index in [4.69, 9.17) is 0 Å². The number of nitro groups is 1. The smallest absolute Gasteiger partial charge is 0.295 e. The lowest BCUT2D eigenvalue weighted by atomic mass is 10.00. The van der Waals surface area contributed by atoms with Gasteiger partial charge in [0.25, 0.3) is 15.8 Å². The molecule has 0 bridgehead atoms. The normalized spacial score (nSPS) is 11.1. The van der Waals surface area contributed by atoms with Gasteiger partial charge in [-0.15, -0.1) is 0 Å². The maximum absolute atomic E-state index is 11.4. The maximum Gasteiger partial charge on any atom is 0.295 e. The fraction of sp³-hybridized carbons (Fsp3) is 0. The Morgan fingerprint density at radius 2 is 1.76 bits per heavy atom. The zero-order valence-corrected chi connectivity index (χ0v) is 11.3. The van der Waals surface area contributed by atoms with Gasteiger partial charge >= 0.3 is 0 Å². The highest BCUT2D eigenvalue weighted by Crippen LogP contribution is 2.32. The summed E-state index contributed by atoms with van der Waals surface area (Å²) in [7, 11) is -4.59. The fourth-order valence-electron chi connectivity index (χ4n) is 1.91. The van der Waals surface area contributed by atoms with E-state index in [0.29, 0.717) is 6.29 Å². The van der Waals surface area contributed by atoms with Crippen molar-refractivity contribution in [2.45, 2.75) is 4.90 Å². The second-order valence-corrected chi connectivity index (χ2v) is 5.51. The second-order valence-electron chi connectivity index (χ2n) is 4.12.